The Morgan fingerprint density at radius 3 is 2.50 bits per heavy atom. The van der Waals surface area contributed by atoms with Crippen molar-refractivity contribution in [3.63, 3.8) is 0 Å². The van der Waals surface area contributed by atoms with E-state index in [2.05, 4.69) is 10.3 Å². The first-order valence-corrected chi connectivity index (χ1v) is 5.86. The maximum absolute atomic E-state index is 10.9. The van der Waals surface area contributed by atoms with Gasteiger partial charge in [-0.05, 0) is 25.5 Å². The fraction of sp³-hybridized carbons (Fsp3) is 0.214. The smallest absolute Gasteiger partial charge is 0.172 e. The molecule has 1 aromatic carbocycles. The summed E-state index contributed by atoms with van der Waals surface area (Å²) in [5, 5.41) is 7.84. The first kappa shape index (κ1) is 12.2. The van der Waals surface area contributed by atoms with Gasteiger partial charge in [0.1, 0.15) is 0 Å². The summed E-state index contributed by atoms with van der Waals surface area (Å²) in [4.78, 5) is 10.9. The molecule has 0 bridgehead atoms. The zero-order valence-electron chi connectivity index (χ0n) is 10.4. The van der Waals surface area contributed by atoms with Crippen LogP contribution in [0.5, 0.6) is 0 Å². The van der Waals surface area contributed by atoms with Crippen LogP contribution in [0.3, 0.4) is 0 Å². The highest BCUT2D eigenvalue weighted by Gasteiger charge is 2.11. The normalized spacial score (nSPS) is 11.3. The largest absolute Gasteiger partial charge is 0.296 e. The number of hydrogen-bond acceptors (Lipinski definition) is 3. The third-order valence-electron chi connectivity index (χ3n) is 2.59. The van der Waals surface area contributed by atoms with Gasteiger partial charge in [-0.3, -0.25) is 4.79 Å². The molecule has 0 saturated heterocycles. The van der Waals surface area contributed by atoms with Crippen molar-refractivity contribution in [3.05, 3.63) is 47.3 Å². The van der Waals surface area contributed by atoms with Crippen molar-refractivity contribution in [1.29, 1.82) is 0 Å². The number of aromatic nitrogens is 3. The molecule has 0 aliphatic heterocycles. The van der Waals surface area contributed by atoms with Crippen LogP contribution < -0.4 is 0 Å². The lowest BCUT2D eigenvalue weighted by Crippen LogP contribution is -2.05. The number of rotatable bonds is 4. The van der Waals surface area contributed by atoms with Crippen molar-refractivity contribution in [1.82, 2.24) is 15.0 Å². The van der Waals surface area contributed by atoms with E-state index in [-0.39, 0.29) is 6.04 Å². The summed E-state index contributed by atoms with van der Waals surface area (Å²) < 4.78 is 1.74. The fourth-order valence-electron chi connectivity index (χ4n) is 1.68. The highest BCUT2D eigenvalue weighted by atomic mass is 16.1. The molecule has 0 radical (unpaired) electrons. The van der Waals surface area contributed by atoms with Gasteiger partial charge in [0.05, 0.1) is 5.69 Å². The Kier molecular flexibility index (Phi) is 3.67. The minimum atomic E-state index is 0.168. The Labute approximate surface area is 106 Å². The molecule has 1 aromatic heterocycles. The average molecular weight is 241 g/mol. The third-order valence-corrected chi connectivity index (χ3v) is 2.59. The number of aldehydes is 1. The van der Waals surface area contributed by atoms with Crippen molar-refractivity contribution >= 4 is 18.4 Å². The number of hydrogen-bond donors (Lipinski definition) is 0. The summed E-state index contributed by atoms with van der Waals surface area (Å²) in [6.07, 6.45) is 4.56. The van der Waals surface area contributed by atoms with Crippen LogP contribution in [0.4, 0.5) is 0 Å². The first-order chi connectivity index (χ1) is 8.72. The Balaban J connectivity index is 2.36. The Hall–Kier alpha value is -2.23. The Morgan fingerprint density at radius 2 is 1.89 bits per heavy atom. The summed E-state index contributed by atoms with van der Waals surface area (Å²) in [5.74, 6) is 0. The molecule has 18 heavy (non-hydrogen) atoms. The maximum Gasteiger partial charge on any atom is 0.172 e. The standard InChI is InChI=1S/C14H15N3O/c1-11(2)17-14(13(10-18)15-16-17)9-8-12-6-4-3-5-7-12/h3-11H,1-2H3/b9-8+. The second-order valence-corrected chi connectivity index (χ2v) is 4.26. The minimum Gasteiger partial charge on any atom is -0.296 e. The van der Waals surface area contributed by atoms with Gasteiger partial charge < -0.3 is 0 Å². The second kappa shape index (κ2) is 5.40. The average Bonchev–Trinajstić information content (AvgIpc) is 2.80. The van der Waals surface area contributed by atoms with Gasteiger partial charge in [0.25, 0.3) is 0 Å². The summed E-state index contributed by atoms with van der Waals surface area (Å²) in [7, 11) is 0. The van der Waals surface area contributed by atoms with Gasteiger partial charge in [0.15, 0.2) is 12.0 Å². The van der Waals surface area contributed by atoms with Crippen LogP contribution in [0.1, 0.15) is 41.6 Å². The molecule has 0 saturated carbocycles. The molecule has 4 heteroatoms. The van der Waals surface area contributed by atoms with Crippen LogP contribution in [0.2, 0.25) is 0 Å². The highest BCUT2D eigenvalue weighted by molar-refractivity contribution is 5.81. The van der Waals surface area contributed by atoms with Gasteiger partial charge in [0.2, 0.25) is 0 Å². The zero-order chi connectivity index (χ0) is 13.0. The van der Waals surface area contributed by atoms with Gasteiger partial charge in [-0.2, -0.15) is 0 Å². The molecule has 2 aromatic rings. The molecule has 0 spiro atoms. The molecule has 2 rings (SSSR count). The van der Waals surface area contributed by atoms with Crippen molar-refractivity contribution in [3.8, 4) is 0 Å². The van der Waals surface area contributed by atoms with Crippen LogP contribution in [-0.2, 0) is 0 Å². The van der Waals surface area contributed by atoms with Gasteiger partial charge in [-0.1, -0.05) is 41.6 Å². The first-order valence-electron chi connectivity index (χ1n) is 5.86. The van der Waals surface area contributed by atoms with Crippen LogP contribution in [0.25, 0.3) is 12.2 Å². The van der Waals surface area contributed by atoms with Crippen LogP contribution in [0, 0.1) is 0 Å². The molecule has 0 aliphatic rings. The highest BCUT2D eigenvalue weighted by Crippen LogP contribution is 2.14. The molecule has 0 N–H and O–H groups in total. The SMILES string of the molecule is CC(C)n1nnc(C=O)c1/C=C/c1ccccc1. The van der Waals surface area contributed by atoms with Crippen LogP contribution >= 0.6 is 0 Å². The monoisotopic (exact) mass is 241 g/mol. The molecule has 0 unspecified atom stereocenters. The summed E-state index contributed by atoms with van der Waals surface area (Å²) in [6.45, 7) is 4.01. The van der Waals surface area contributed by atoms with Crippen LogP contribution in [-0.4, -0.2) is 21.3 Å². The number of carbonyl (C=O) groups excluding carboxylic acids is 1. The van der Waals surface area contributed by atoms with E-state index < -0.39 is 0 Å². The lowest BCUT2D eigenvalue weighted by Gasteiger charge is -2.06. The van der Waals surface area contributed by atoms with E-state index >= 15 is 0 Å². The zero-order valence-corrected chi connectivity index (χ0v) is 10.4. The van der Waals surface area contributed by atoms with E-state index in [0.717, 1.165) is 17.5 Å². The van der Waals surface area contributed by atoms with E-state index in [1.807, 2.05) is 56.3 Å². The van der Waals surface area contributed by atoms with Gasteiger partial charge in [0, 0.05) is 6.04 Å². The topological polar surface area (TPSA) is 47.8 Å². The van der Waals surface area contributed by atoms with E-state index in [9.17, 15) is 4.79 Å². The molecule has 0 amide bonds. The summed E-state index contributed by atoms with van der Waals surface area (Å²) >= 11 is 0. The number of carbonyl (C=O) groups is 1. The molecule has 92 valence electrons. The molecule has 0 aliphatic carbocycles. The molecule has 0 atom stereocenters. The van der Waals surface area contributed by atoms with E-state index in [4.69, 9.17) is 0 Å². The van der Waals surface area contributed by atoms with Crippen molar-refractivity contribution in [2.45, 2.75) is 19.9 Å². The van der Waals surface area contributed by atoms with Crippen molar-refractivity contribution < 1.29 is 4.79 Å². The summed E-state index contributed by atoms with van der Waals surface area (Å²) in [5.41, 5.74) is 2.19. The second-order valence-electron chi connectivity index (χ2n) is 4.26. The fourth-order valence-corrected chi connectivity index (χ4v) is 1.68. The van der Waals surface area contributed by atoms with Gasteiger partial charge >= 0.3 is 0 Å². The molecular formula is C14H15N3O. The van der Waals surface area contributed by atoms with Gasteiger partial charge in [-0.25, -0.2) is 4.68 Å². The lowest BCUT2D eigenvalue weighted by molar-refractivity contribution is 0.111. The third kappa shape index (κ3) is 2.53. The summed E-state index contributed by atoms with van der Waals surface area (Å²) in [6, 6.07) is 10.1. The number of benzene rings is 1. The molecule has 4 nitrogen and oxygen atoms in total. The van der Waals surface area contributed by atoms with Crippen LogP contribution in [0.15, 0.2) is 30.3 Å². The lowest BCUT2D eigenvalue weighted by atomic mass is 10.2. The van der Waals surface area contributed by atoms with E-state index in [0.29, 0.717) is 5.69 Å². The molecule has 0 fully saturated rings. The minimum absolute atomic E-state index is 0.168. The predicted molar refractivity (Wildman–Crippen MR) is 71.2 cm³/mol. The Morgan fingerprint density at radius 1 is 1.17 bits per heavy atom. The van der Waals surface area contributed by atoms with E-state index in [1.54, 1.807) is 4.68 Å². The quantitative estimate of drug-likeness (QED) is 0.773. The molecular weight excluding hydrogens is 226 g/mol. The number of nitrogens with zero attached hydrogens (tertiary/aromatic N) is 3. The maximum atomic E-state index is 10.9. The van der Waals surface area contributed by atoms with Crippen molar-refractivity contribution in [2.24, 2.45) is 0 Å². The van der Waals surface area contributed by atoms with E-state index in [1.165, 1.54) is 0 Å². The van der Waals surface area contributed by atoms with Gasteiger partial charge in [-0.15, -0.1) is 5.10 Å². The Bertz CT molecular complexity index is 556. The van der Waals surface area contributed by atoms with Crippen molar-refractivity contribution in [2.75, 3.05) is 0 Å². The molecule has 1 heterocycles. The predicted octanol–water partition coefficient (Wildman–Crippen LogP) is 2.84.